The summed E-state index contributed by atoms with van der Waals surface area (Å²) in [4.78, 5) is 36.4. The molecule has 2 aromatic carbocycles. The lowest BCUT2D eigenvalue weighted by Crippen LogP contribution is -2.31. The third-order valence-electron chi connectivity index (χ3n) is 5.43. The van der Waals surface area contributed by atoms with Gasteiger partial charge in [-0.2, -0.15) is 0 Å². The predicted molar refractivity (Wildman–Crippen MR) is 146 cm³/mol. The monoisotopic (exact) mass is 528 g/mol. The maximum Gasteiger partial charge on any atom is 0.510 e. The zero-order valence-corrected chi connectivity index (χ0v) is 23.5. The fourth-order valence-electron chi connectivity index (χ4n) is 3.26. The van der Waals surface area contributed by atoms with Gasteiger partial charge in [0.05, 0.1) is 13.2 Å². The second-order valence-electron chi connectivity index (χ2n) is 10.9. The van der Waals surface area contributed by atoms with Gasteiger partial charge in [-0.25, -0.2) is 14.4 Å². The highest BCUT2D eigenvalue weighted by molar-refractivity contribution is 5.85. The average molecular weight is 529 g/mol. The summed E-state index contributed by atoms with van der Waals surface area (Å²) in [6, 6.07) is 13.9. The van der Waals surface area contributed by atoms with Crippen molar-refractivity contribution in [3.63, 3.8) is 0 Å². The van der Waals surface area contributed by atoms with Gasteiger partial charge in [0.1, 0.15) is 11.2 Å². The third kappa shape index (κ3) is 9.95. The Morgan fingerprint density at radius 2 is 0.947 bits per heavy atom. The Morgan fingerprint density at radius 3 is 1.24 bits per heavy atom. The summed E-state index contributed by atoms with van der Waals surface area (Å²) < 4.78 is 21.5. The number of nitrogens with one attached hydrogen (secondary N) is 2. The third-order valence-corrected chi connectivity index (χ3v) is 5.43. The van der Waals surface area contributed by atoms with E-state index in [2.05, 4.69) is 10.6 Å². The topological polar surface area (TPSA) is 112 Å². The van der Waals surface area contributed by atoms with Crippen molar-refractivity contribution >= 4 is 29.7 Å². The first-order valence-corrected chi connectivity index (χ1v) is 12.7. The van der Waals surface area contributed by atoms with Crippen molar-refractivity contribution in [1.29, 1.82) is 0 Å². The molecule has 0 aliphatic rings. The maximum absolute atomic E-state index is 12.7. The minimum Gasteiger partial charge on any atom is -0.449 e. The number of carbonyl (C=O) groups is 3. The van der Waals surface area contributed by atoms with E-state index in [9.17, 15) is 14.4 Å². The molecule has 2 rings (SSSR count). The average Bonchev–Trinajstić information content (AvgIpc) is 2.81. The van der Waals surface area contributed by atoms with Crippen molar-refractivity contribution in [2.45, 2.75) is 66.6 Å². The van der Waals surface area contributed by atoms with E-state index in [0.29, 0.717) is 35.7 Å². The number of carbonyl (C=O) groups excluding carboxylic acids is 3. The van der Waals surface area contributed by atoms with E-state index >= 15 is 0 Å². The van der Waals surface area contributed by atoms with Crippen LogP contribution in [0.2, 0.25) is 0 Å². The molecule has 0 atom stereocenters. The lowest BCUT2D eigenvalue weighted by Gasteiger charge is -2.30. The highest BCUT2D eigenvalue weighted by Crippen LogP contribution is 2.30. The minimum absolute atomic E-state index is 0.243. The zero-order valence-electron chi connectivity index (χ0n) is 23.5. The number of amides is 2. The number of ether oxygens (including phenoxy) is 4. The van der Waals surface area contributed by atoms with Gasteiger partial charge in [-0.1, -0.05) is 52.0 Å². The summed E-state index contributed by atoms with van der Waals surface area (Å²) in [5.41, 5.74) is 0.574. The number of rotatable bonds is 10. The van der Waals surface area contributed by atoms with Gasteiger partial charge in [-0.05, 0) is 74.9 Å². The number of hydrogen-bond acceptors (Lipinski definition) is 7. The maximum atomic E-state index is 12.7. The van der Waals surface area contributed by atoms with E-state index < -0.39 is 29.5 Å². The van der Waals surface area contributed by atoms with Crippen molar-refractivity contribution in [3.8, 4) is 0 Å². The van der Waals surface area contributed by atoms with Crippen molar-refractivity contribution in [2.75, 3.05) is 23.8 Å². The van der Waals surface area contributed by atoms with Gasteiger partial charge in [0.25, 0.3) is 0 Å². The van der Waals surface area contributed by atoms with Gasteiger partial charge in [0, 0.05) is 11.4 Å². The van der Waals surface area contributed by atoms with Crippen LogP contribution in [0.1, 0.15) is 66.5 Å². The minimum atomic E-state index is -0.992. The molecule has 2 amide bonds. The van der Waals surface area contributed by atoms with E-state index in [-0.39, 0.29) is 11.8 Å². The Labute approximate surface area is 225 Å². The molecule has 2 aromatic rings. The highest BCUT2D eigenvalue weighted by atomic mass is 16.7. The first kappa shape index (κ1) is 30.5. The summed E-state index contributed by atoms with van der Waals surface area (Å²) in [6.45, 7) is 15.5. The fraction of sp³-hybridized carbons (Fsp3) is 0.483. The van der Waals surface area contributed by atoms with Crippen LogP contribution in [0.3, 0.4) is 0 Å². The number of anilines is 2. The first-order chi connectivity index (χ1) is 17.7. The van der Waals surface area contributed by atoms with Crippen LogP contribution in [0.25, 0.3) is 0 Å². The summed E-state index contributed by atoms with van der Waals surface area (Å²) >= 11 is 0. The molecule has 9 heteroatoms. The molecular weight excluding hydrogens is 488 g/mol. The van der Waals surface area contributed by atoms with E-state index in [0.717, 1.165) is 0 Å². The summed E-state index contributed by atoms with van der Waals surface area (Å²) in [5, 5.41) is 5.33. The molecule has 0 aromatic heterocycles. The molecule has 208 valence electrons. The highest BCUT2D eigenvalue weighted by Gasteiger charge is 2.31. The van der Waals surface area contributed by atoms with Crippen LogP contribution in [0, 0.1) is 11.8 Å². The SMILES string of the molecule is CC(C)COC(=O)Nc1ccc(C(C)(C)OC(=O)OC(C)(C)c2ccc(NC(=O)OCC(C)C)cc2)cc1. The Morgan fingerprint density at radius 1 is 0.632 bits per heavy atom. The molecule has 38 heavy (non-hydrogen) atoms. The Balaban J connectivity index is 1.95. The molecule has 0 fully saturated rings. The molecule has 0 spiro atoms. The molecule has 0 radical (unpaired) electrons. The second-order valence-corrected chi connectivity index (χ2v) is 10.9. The second kappa shape index (κ2) is 13.2. The molecule has 9 nitrogen and oxygen atoms in total. The van der Waals surface area contributed by atoms with E-state index in [1.165, 1.54) is 0 Å². The first-order valence-electron chi connectivity index (χ1n) is 12.7. The van der Waals surface area contributed by atoms with Crippen LogP contribution in [-0.4, -0.2) is 31.6 Å². The van der Waals surface area contributed by atoms with Gasteiger partial charge in [0.2, 0.25) is 0 Å². The van der Waals surface area contributed by atoms with Gasteiger partial charge in [-0.3, -0.25) is 10.6 Å². The molecule has 0 unspecified atom stereocenters. The van der Waals surface area contributed by atoms with Crippen LogP contribution in [0.4, 0.5) is 25.8 Å². The standard InChI is InChI=1S/C29H40N2O7/c1-19(2)17-35-25(32)30-23-13-9-21(10-14-23)28(5,6)37-27(34)38-29(7,8)22-11-15-24(16-12-22)31-26(33)36-18-20(3)4/h9-16,19-20H,17-18H2,1-8H3,(H,30,32)(H,31,33). The smallest absolute Gasteiger partial charge is 0.449 e. The number of hydrogen-bond donors (Lipinski definition) is 2. The summed E-state index contributed by atoms with van der Waals surface area (Å²) in [7, 11) is 0. The Bertz CT molecular complexity index is 990. The van der Waals surface area contributed by atoms with E-state index in [1.807, 2.05) is 27.7 Å². The lowest BCUT2D eigenvalue weighted by atomic mass is 9.97. The van der Waals surface area contributed by atoms with Crippen LogP contribution < -0.4 is 10.6 Å². The van der Waals surface area contributed by atoms with Crippen LogP contribution in [0.5, 0.6) is 0 Å². The molecule has 0 aliphatic heterocycles. The Kier molecular flexibility index (Phi) is 10.6. The molecular formula is C29H40N2O7. The molecule has 0 saturated carbocycles. The molecule has 0 bridgehead atoms. The van der Waals surface area contributed by atoms with Crippen molar-refractivity contribution in [3.05, 3.63) is 59.7 Å². The van der Waals surface area contributed by atoms with Crippen molar-refractivity contribution in [1.82, 2.24) is 0 Å². The van der Waals surface area contributed by atoms with Crippen LogP contribution >= 0.6 is 0 Å². The van der Waals surface area contributed by atoms with Crippen molar-refractivity contribution in [2.24, 2.45) is 11.8 Å². The number of benzene rings is 2. The predicted octanol–water partition coefficient (Wildman–Crippen LogP) is 7.42. The summed E-state index contributed by atoms with van der Waals surface area (Å²) in [6.07, 6.45) is -1.88. The van der Waals surface area contributed by atoms with Gasteiger partial charge >= 0.3 is 18.3 Å². The van der Waals surface area contributed by atoms with Crippen LogP contribution in [0.15, 0.2) is 48.5 Å². The van der Waals surface area contributed by atoms with Gasteiger partial charge in [0.15, 0.2) is 0 Å². The fourth-order valence-corrected chi connectivity index (χ4v) is 3.26. The van der Waals surface area contributed by atoms with Gasteiger partial charge in [-0.15, -0.1) is 0 Å². The zero-order chi connectivity index (χ0) is 28.5. The molecule has 0 saturated heterocycles. The largest absolute Gasteiger partial charge is 0.510 e. The van der Waals surface area contributed by atoms with Crippen molar-refractivity contribution < 1.29 is 33.3 Å². The van der Waals surface area contributed by atoms with E-state index in [1.54, 1.807) is 76.2 Å². The quantitative estimate of drug-likeness (QED) is 0.244. The Hall–Kier alpha value is -3.75. The molecule has 2 N–H and O–H groups in total. The lowest BCUT2D eigenvalue weighted by molar-refractivity contribution is -0.0633. The summed E-state index contributed by atoms with van der Waals surface area (Å²) in [5.74, 6) is 0.486. The van der Waals surface area contributed by atoms with Gasteiger partial charge < -0.3 is 18.9 Å². The normalized spacial score (nSPS) is 11.6. The van der Waals surface area contributed by atoms with E-state index in [4.69, 9.17) is 18.9 Å². The van der Waals surface area contributed by atoms with Crippen LogP contribution in [-0.2, 0) is 30.1 Å². The molecule has 0 aliphatic carbocycles. The molecule has 0 heterocycles.